The van der Waals surface area contributed by atoms with Crippen molar-refractivity contribution < 1.29 is 24.5 Å². The van der Waals surface area contributed by atoms with Crippen molar-refractivity contribution in [1.82, 2.24) is 0 Å². The van der Waals surface area contributed by atoms with Crippen molar-refractivity contribution in [2.75, 3.05) is 19.0 Å². The molecule has 1 rings (SSSR count). The number of amides is 1. The van der Waals surface area contributed by atoms with Crippen LogP contribution in [0.5, 0.6) is 5.75 Å². The summed E-state index contributed by atoms with van der Waals surface area (Å²) in [4.78, 5) is 11.7. The lowest BCUT2D eigenvalue weighted by atomic mass is 10.1. The number of carbonyl (C=O) groups excluding carboxylic acids is 1. The van der Waals surface area contributed by atoms with E-state index >= 15 is 0 Å². The van der Waals surface area contributed by atoms with E-state index in [1.165, 1.54) is 13.2 Å². The third kappa shape index (κ3) is 4.71. The number of aliphatic hydroxyl groups excluding tert-OH is 2. The lowest BCUT2D eigenvalue weighted by Gasteiger charge is -2.20. The van der Waals surface area contributed by atoms with Crippen molar-refractivity contribution in [3.05, 3.63) is 23.8 Å². The fourth-order valence-corrected chi connectivity index (χ4v) is 1.59. The summed E-state index contributed by atoms with van der Waals surface area (Å²) in [6, 6.07) is 4.75. The van der Waals surface area contributed by atoms with Gasteiger partial charge in [0.1, 0.15) is 17.5 Å². The van der Waals surface area contributed by atoms with Crippen molar-refractivity contribution in [3.63, 3.8) is 0 Å². The van der Waals surface area contributed by atoms with Crippen LogP contribution >= 0.6 is 0 Å². The van der Waals surface area contributed by atoms with Crippen LogP contribution in [0, 0.1) is 0 Å². The molecular formula is C14H21NO5. The number of aliphatic hydroxyl groups is 2. The van der Waals surface area contributed by atoms with Crippen molar-refractivity contribution in [2.45, 2.75) is 32.5 Å². The van der Waals surface area contributed by atoms with Gasteiger partial charge < -0.3 is 19.7 Å². The van der Waals surface area contributed by atoms with Crippen LogP contribution in [0.3, 0.4) is 0 Å². The predicted octanol–water partition coefficient (Wildman–Crippen LogP) is 2.07. The first kappa shape index (κ1) is 16.3. The lowest BCUT2D eigenvalue weighted by Crippen LogP contribution is -2.27. The summed E-state index contributed by atoms with van der Waals surface area (Å²) < 4.78 is 10.2. The van der Waals surface area contributed by atoms with Crippen LogP contribution < -0.4 is 10.1 Å². The van der Waals surface area contributed by atoms with Crippen LogP contribution in [0.1, 0.15) is 32.4 Å². The van der Waals surface area contributed by atoms with E-state index in [4.69, 9.17) is 14.6 Å². The van der Waals surface area contributed by atoms with Gasteiger partial charge >= 0.3 is 6.09 Å². The highest BCUT2D eigenvalue weighted by Gasteiger charge is 2.18. The summed E-state index contributed by atoms with van der Waals surface area (Å²) in [6.45, 7) is 4.86. The summed E-state index contributed by atoms with van der Waals surface area (Å²) in [5, 5.41) is 21.3. The maximum Gasteiger partial charge on any atom is 0.412 e. The standard InChI is InChI=1S/C14H21NO5/c1-14(2,3)20-13(18)15-9-5-6-12(19-4)10(7-9)11(17)8-16/h5-7,11,16-17H,8H2,1-4H3,(H,15,18). The number of hydrogen-bond donors (Lipinski definition) is 3. The summed E-state index contributed by atoms with van der Waals surface area (Å²) in [7, 11) is 1.46. The average Bonchev–Trinajstić information content (AvgIpc) is 2.35. The minimum Gasteiger partial charge on any atom is -0.496 e. The molecule has 20 heavy (non-hydrogen) atoms. The molecule has 0 saturated carbocycles. The van der Waals surface area contributed by atoms with E-state index in [1.807, 2.05) is 0 Å². The summed E-state index contributed by atoms with van der Waals surface area (Å²) in [5.74, 6) is 0.432. The molecule has 1 aromatic rings. The minimum atomic E-state index is -1.08. The molecule has 0 saturated heterocycles. The SMILES string of the molecule is COc1ccc(NC(=O)OC(C)(C)C)cc1C(O)CO. The molecule has 0 radical (unpaired) electrons. The fourth-order valence-electron chi connectivity index (χ4n) is 1.59. The Kier molecular flexibility index (Phi) is 5.35. The maximum absolute atomic E-state index is 11.7. The Bertz CT molecular complexity index is 467. The van der Waals surface area contributed by atoms with Crippen molar-refractivity contribution in [3.8, 4) is 5.75 Å². The van der Waals surface area contributed by atoms with Gasteiger partial charge in [0.05, 0.1) is 13.7 Å². The molecule has 1 unspecified atom stereocenters. The van der Waals surface area contributed by atoms with E-state index in [1.54, 1.807) is 32.9 Å². The highest BCUT2D eigenvalue weighted by atomic mass is 16.6. The quantitative estimate of drug-likeness (QED) is 0.787. The molecule has 0 aliphatic heterocycles. The van der Waals surface area contributed by atoms with Gasteiger partial charge in [-0.1, -0.05) is 0 Å². The zero-order chi connectivity index (χ0) is 15.3. The first-order chi connectivity index (χ1) is 9.26. The van der Waals surface area contributed by atoms with Crippen LogP contribution in [-0.4, -0.2) is 35.6 Å². The molecule has 3 N–H and O–H groups in total. The van der Waals surface area contributed by atoms with Crippen LogP contribution in [0.2, 0.25) is 0 Å². The number of carbonyl (C=O) groups is 1. The number of benzene rings is 1. The Hall–Kier alpha value is -1.79. The van der Waals surface area contributed by atoms with Gasteiger partial charge in [0, 0.05) is 11.3 Å². The molecule has 1 atom stereocenters. The number of ether oxygens (including phenoxy) is 2. The highest BCUT2D eigenvalue weighted by Crippen LogP contribution is 2.28. The monoisotopic (exact) mass is 283 g/mol. The predicted molar refractivity (Wildman–Crippen MR) is 74.9 cm³/mol. The summed E-state index contributed by atoms with van der Waals surface area (Å²) in [5.41, 5.74) is 0.246. The van der Waals surface area contributed by atoms with Gasteiger partial charge in [-0.25, -0.2) is 4.79 Å². The van der Waals surface area contributed by atoms with Crippen LogP contribution in [0.4, 0.5) is 10.5 Å². The van der Waals surface area contributed by atoms with Crippen LogP contribution in [-0.2, 0) is 4.74 Å². The molecule has 0 fully saturated rings. The molecule has 0 aliphatic carbocycles. The van der Waals surface area contributed by atoms with E-state index in [0.717, 1.165) is 0 Å². The first-order valence-electron chi connectivity index (χ1n) is 6.23. The Labute approximate surface area is 118 Å². The number of rotatable bonds is 4. The van der Waals surface area contributed by atoms with Gasteiger partial charge in [-0.15, -0.1) is 0 Å². The van der Waals surface area contributed by atoms with Crippen molar-refractivity contribution in [2.24, 2.45) is 0 Å². The second kappa shape index (κ2) is 6.58. The molecule has 0 spiro atoms. The van der Waals surface area contributed by atoms with Crippen LogP contribution in [0.15, 0.2) is 18.2 Å². The molecule has 0 heterocycles. The minimum absolute atomic E-state index is 0.392. The molecule has 6 heteroatoms. The third-order valence-electron chi connectivity index (χ3n) is 2.41. The largest absolute Gasteiger partial charge is 0.496 e. The molecule has 1 amide bonds. The van der Waals surface area contributed by atoms with Gasteiger partial charge in [-0.05, 0) is 39.0 Å². The normalized spacial score (nSPS) is 12.7. The first-order valence-corrected chi connectivity index (χ1v) is 6.23. The summed E-state index contributed by atoms with van der Waals surface area (Å²) >= 11 is 0. The number of anilines is 1. The van der Waals surface area contributed by atoms with E-state index in [9.17, 15) is 9.90 Å². The Morgan fingerprint density at radius 3 is 2.55 bits per heavy atom. The Morgan fingerprint density at radius 2 is 2.05 bits per heavy atom. The molecule has 0 aromatic heterocycles. The second-order valence-corrected chi connectivity index (χ2v) is 5.28. The molecule has 0 bridgehead atoms. The molecule has 6 nitrogen and oxygen atoms in total. The maximum atomic E-state index is 11.7. The number of methoxy groups -OCH3 is 1. The van der Waals surface area contributed by atoms with E-state index < -0.39 is 24.4 Å². The molecule has 112 valence electrons. The van der Waals surface area contributed by atoms with E-state index in [-0.39, 0.29) is 0 Å². The van der Waals surface area contributed by atoms with Gasteiger partial charge in [0.15, 0.2) is 0 Å². The zero-order valence-corrected chi connectivity index (χ0v) is 12.1. The lowest BCUT2D eigenvalue weighted by molar-refractivity contribution is 0.0635. The van der Waals surface area contributed by atoms with Crippen molar-refractivity contribution >= 4 is 11.8 Å². The molecular weight excluding hydrogens is 262 g/mol. The highest BCUT2D eigenvalue weighted by molar-refractivity contribution is 5.85. The Morgan fingerprint density at radius 1 is 1.40 bits per heavy atom. The van der Waals surface area contributed by atoms with Gasteiger partial charge in [-0.2, -0.15) is 0 Å². The second-order valence-electron chi connectivity index (χ2n) is 5.28. The van der Waals surface area contributed by atoms with Gasteiger partial charge in [-0.3, -0.25) is 5.32 Å². The van der Waals surface area contributed by atoms with Crippen LogP contribution in [0.25, 0.3) is 0 Å². The molecule has 0 aliphatic rings. The topological polar surface area (TPSA) is 88.0 Å². The summed E-state index contributed by atoms with van der Waals surface area (Å²) in [6.07, 6.45) is -1.67. The number of nitrogens with one attached hydrogen (secondary N) is 1. The average molecular weight is 283 g/mol. The third-order valence-corrected chi connectivity index (χ3v) is 2.41. The number of hydrogen-bond acceptors (Lipinski definition) is 5. The van der Waals surface area contributed by atoms with Gasteiger partial charge in [0.25, 0.3) is 0 Å². The fraction of sp³-hybridized carbons (Fsp3) is 0.500. The van der Waals surface area contributed by atoms with E-state index in [2.05, 4.69) is 5.32 Å². The van der Waals surface area contributed by atoms with E-state index in [0.29, 0.717) is 17.0 Å². The Balaban J connectivity index is 2.89. The van der Waals surface area contributed by atoms with Crippen molar-refractivity contribution in [1.29, 1.82) is 0 Å². The smallest absolute Gasteiger partial charge is 0.412 e. The zero-order valence-electron chi connectivity index (χ0n) is 12.1. The van der Waals surface area contributed by atoms with Gasteiger partial charge in [0.2, 0.25) is 0 Å². The molecule has 1 aromatic carbocycles.